The number of anilines is 2. The number of halogens is 1. The molecule has 1 aromatic carbocycles. The summed E-state index contributed by atoms with van der Waals surface area (Å²) in [5.74, 6) is 0. The SMILES string of the molecule is C=CCNCc1ccc(N)cc1N.Cl. The van der Waals surface area contributed by atoms with E-state index in [0.717, 1.165) is 24.3 Å². The molecule has 0 aromatic heterocycles. The average Bonchev–Trinajstić information content (AvgIpc) is 2.09. The van der Waals surface area contributed by atoms with Gasteiger partial charge in [-0.25, -0.2) is 0 Å². The van der Waals surface area contributed by atoms with Crippen molar-refractivity contribution < 1.29 is 0 Å². The van der Waals surface area contributed by atoms with Crippen LogP contribution in [0.5, 0.6) is 0 Å². The highest BCUT2D eigenvalue weighted by Crippen LogP contribution is 2.14. The molecule has 1 aromatic rings. The van der Waals surface area contributed by atoms with Gasteiger partial charge in [-0.1, -0.05) is 12.1 Å². The van der Waals surface area contributed by atoms with Crippen LogP contribution in [0.25, 0.3) is 0 Å². The van der Waals surface area contributed by atoms with Crippen LogP contribution in [0.2, 0.25) is 0 Å². The average molecular weight is 214 g/mol. The second kappa shape index (κ2) is 6.29. The predicted molar refractivity (Wildman–Crippen MR) is 64.4 cm³/mol. The highest BCUT2D eigenvalue weighted by atomic mass is 35.5. The van der Waals surface area contributed by atoms with Crippen LogP contribution in [-0.4, -0.2) is 6.54 Å². The maximum absolute atomic E-state index is 5.76. The van der Waals surface area contributed by atoms with Gasteiger partial charge in [0, 0.05) is 24.5 Å². The molecule has 0 fully saturated rings. The van der Waals surface area contributed by atoms with Crippen LogP contribution < -0.4 is 16.8 Å². The van der Waals surface area contributed by atoms with Crippen molar-refractivity contribution in [2.45, 2.75) is 6.54 Å². The normalized spacial score (nSPS) is 9.14. The van der Waals surface area contributed by atoms with Crippen molar-refractivity contribution >= 4 is 23.8 Å². The Morgan fingerprint density at radius 3 is 2.64 bits per heavy atom. The molecule has 0 atom stereocenters. The number of benzene rings is 1. The van der Waals surface area contributed by atoms with E-state index in [1.807, 2.05) is 18.2 Å². The number of nitrogens with one attached hydrogen (secondary N) is 1. The number of hydrogen-bond acceptors (Lipinski definition) is 3. The molecule has 0 radical (unpaired) electrons. The summed E-state index contributed by atoms with van der Waals surface area (Å²) in [6, 6.07) is 5.55. The van der Waals surface area contributed by atoms with Crippen LogP contribution >= 0.6 is 12.4 Å². The summed E-state index contributed by atoms with van der Waals surface area (Å²) in [7, 11) is 0. The van der Waals surface area contributed by atoms with Gasteiger partial charge in [-0.2, -0.15) is 0 Å². The number of nitrogen functional groups attached to an aromatic ring is 2. The number of rotatable bonds is 4. The van der Waals surface area contributed by atoms with Crippen molar-refractivity contribution in [2.24, 2.45) is 0 Å². The van der Waals surface area contributed by atoms with Gasteiger partial charge >= 0.3 is 0 Å². The van der Waals surface area contributed by atoms with Crippen molar-refractivity contribution in [1.29, 1.82) is 0 Å². The first-order valence-corrected chi connectivity index (χ1v) is 4.19. The quantitative estimate of drug-likeness (QED) is 0.404. The van der Waals surface area contributed by atoms with Crippen molar-refractivity contribution in [2.75, 3.05) is 18.0 Å². The molecule has 0 unspecified atom stereocenters. The van der Waals surface area contributed by atoms with Crippen molar-refractivity contribution in [3.8, 4) is 0 Å². The Hall–Kier alpha value is -1.19. The van der Waals surface area contributed by atoms with Gasteiger partial charge < -0.3 is 16.8 Å². The van der Waals surface area contributed by atoms with Crippen LogP contribution in [-0.2, 0) is 6.54 Å². The molecule has 0 aliphatic carbocycles. The molecule has 78 valence electrons. The van der Waals surface area contributed by atoms with Crippen LogP contribution in [0, 0.1) is 0 Å². The maximum atomic E-state index is 5.76. The van der Waals surface area contributed by atoms with Gasteiger partial charge in [0.2, 0.25) is 0 Å². The fourth-order valence-electron chi connectivity index (χ4n) is 1.08. The zero-order valence-electron chi connectivity index (χ0n) is 7.99. The van der Waals surface area contributed by atoms with Crippen LogP contribution in [0.1, 0.15) is 5.56 Å². The summed E-state index contributed by atoms with van der Waals surface area (Å²) < 4.78 is 0. The van der Waals surface area contributed by atoms with Crippen molar-refractivity contribution in [3.05, 3.63) is 36.4 Å². The molecule has 0 amide bonds. The third kappa shape index (κ3) is 3.68. The van der Waals surface area contributed by atoms with E-state index in [9.17, 15) is 0 Å². The van der Waals surface area contributed by atoms with Crippen LogP contribution in [0.4, 0.5) is 11.4 Å². The number of hydrogen-bond donors (Lipinski definition) is 3. The lowest BCUT2D eigenvalue weighted by Crippen LogP contribution is -2.13. The zero-order chi connectivity index (χ0) is 9.68. The first-order valence-electron chi connectivity index (χ1n) is 4.19. The third-order valence-electron chi connectivity index (χ3n) is 1.77. The van der Waals surface area contributed by atoms with E-state index >= 15 is 0 Å². The number of nitrogens with two attached hydrogens (primary N) is 2. The van der Waals surface area contributed by atoms with Crippen molar-refractivity contribution in [1.82, 2.24) is 5.32 Å². The summed E-state index contributed by atoms with van der Waals surface area (Å²) in [5, 5.41) is 3.17. The second-order valence-corrected chi connectivity index (χ2v) is 2.88. The molecule has 0 bridgehead atoms. The van der Waals surface area contributed by atoms with Gasteiger partial charge in [-0.15, -0.1) is 19.0 Å². The Balaban J connectivity index is 0.00000169. The first kappa shape index (κ1) is 12.8. The van der Waals surface area contributed by atoms with Gasteiger partial charge in [0.05, 0.1) is 0 Å². The smallest absolute Gasteiger partial charge is 0.0380 e. The Bertz CT molecular complexity index is 299. The molecule has 0 spiro atoms. The maximum Gasteiger partial charge on any atom is 0.0380 e. The van der Waals surface area contributed by atoms with E-state index in [1.54, 1.807) is 6.07 Å². The molecule has 4 heteroatoms. The summed E-state index contributed by atoms with van der Waals surface area (Å²) in [6.07, 6.45) is 1.81. The standard InChI is InChI=1S/C10H15N3.ClH/c1-2-5-13-7-8-3-4-9(11)6-10(8)12;/h2-4,6,13H,1,5,7,11-12H2;1H. The van der Waals surface area contributed by atoms with E-state index in [1.165, 1.54) is 0 Å². The molecule has 0 saturated heterocycles. The fraction of sp³-hybridized carbons (Fsp3) is 0.200. The minimum atomic E-state index is 0. The third-order valence-corrected chi connectivity index (χ3v) is 1.77. The molecule has 0 aliphatic heterocycles. The van der Waals surface area contributed by atoms with Gasteiger partial charge in [0.15, 0.2) is 0 Å². The van der Waals surface area contributed by atoms with E-state index in [0.29, 0.717) is 5.69 Å². The summed E-state index contributed by atoms with van der Waals surface area (Å²) in [6.45, 7) is 5.14. The fourth-order valence-corrected chi connectivity index (χ4v) is 1.08. The molecular formula is C10H16ClN3. The predicted octanol–water partition coefficient (Wildman–Crippen LogP) is 1.55. The molecule has 0 saturated carbocycles. The highest BCUT2D eigenvalue weighted by Gasteiger charge is 1.97. The largest absolute Gasteiger partial charge is 0.399 e. The second-order valence-electron chi connectivity index (χ2n) is 2.88. The van der Waals surface area contributed by atoms with Gasteiger partial charge in [-0.3, -0.25) is 0 Å². The van der Waals surface area contributed by atoms with E-state index in [2.05, 4.69) is 11.9 Å². The summed E-state index contributed by atoms with van der Waals surface area (Å²) >= 11 is 0. The monoisotopic (exact) mass is 213 g/mol. The highest BCUT2D eigenvalue weighted by molar-refractivity contribution is 5.85. The lowest BCUT2D eigenvalue weighted by Gasteiger charge is -2.06. The lowest BCUT2D eigenvalue weighted by molar-refractivity contribution is 0.762. The molecule has 14 heavy (non-hydrogen) atoms. The zero-order valence-corrected chi connectivity index (χ0v) is 8.81. The van der Waals surface area contributed by atoms with E-state index < -0.39 is 0 Å². The minimum absolute atomic E-state index is 0. The van der Waals surface area contributed by atoms with Gasteiger partial charge in [0.25, 0.3) is 0 Å². The van der Waals surface area contributed by atoms with Gasteiger partial charge in [0.1, 0.15) is 0 Å². The Labute approximate surface area is 90.6 Å². The van der Waals surface area contributed by atoms with Crippen LogP contribution in [0.3, 0.4) is 0 Å². The topological polar surface area (TPSA) is 64.1 Å². The first-order chi connectivity index (χ1) is 6.24. The lowest BCUT2D eigenvalue weighted by atomic mass is 10.1. The Morgan fingerprint density at radius 2 is 2.07 bits per heavy atom. The minimum Gasteiger partial charge on any atom is -0.399 e. The van der Waals surface area contributed by atoms with Crippen LogP contribution in [0.15, 0.2) is 30.9 Å². The summed E-state index contributed by atoms with van der Waals surface area (Å²) in [4.78, 5) is 0. The Morgan fingerprint density at radius 1 is 1.36 bits per heavy atom. The molecular weight excluding hydrogens is 198 g/mol. The molecule has 0 heterocycles. The van der Waals surface area contributed by atoms with Crippen molar-refractivity contribution in [3.63, 3.8) is 0 Å². The Kier molecular flexibility index (Phi) is 5.76. The summed E-state index contributed by atoms with van der Waals surface area (Å²) in [5.41, 5.74) is 13.8. The van der Waals surface area contributed by atoms with Gasteiger partial charge in [-0.05, 0) is 17.7 Å². The molecule has 3 nitrogen and oxygen atoms in total. The van der Waals surface area contributed by atoms with E-state index in [4.69, 9.17) is 11.5 Å². The molecule has 0 aliphatic rings. The van der Waals surface area contributed by atoms with E-state index in [-0.39, 0.29) is 12.4 Å². The molecule has 1 rings (SSSR count). The molecule has 5 N–H and O–H groups in total.